The first-order chi connectivity index (χ1) is 14.1. The zero-order valence-corrected chi connectivity index (χ0v) is 15.2. The molecular weight excluding hydrogens is 375 g/mol. The van der Waals surface area contributed by atoms with Gasteiger partial charge in [0.2, 0.25) is 0 Å². The van der Waals surface area contributed by atoms with E-state index >= 15 is 0 Å². The molecule has 29 heavy (non-hydrogen) atoms. The zero-order chi connectivity index (χ0) is 20.2. The molecule has 0 saturated heterocycles. The van der Waals surface area contributed by atoms with Crippen LogP contribution in [-0.4, -0.2) is 30.5 Å². The Balaban J connectivity index is 1.46. The Hall–Kier alpha value is -4.01. The number of hydrogen-bond acceptors (Lipinski definition) is 4. The second-order valence-electron chi connectivity index (χ2n) is 6.38. The summed E-state index contributed by atoms with van der Waals surface area (Å²) >= 11 is 0. The van der Waals surface area contributed by atoms with E-state index in [1.807, 2.05) is 30.3 Å². The molecule has 0 radical (unpaired) electrons. The van der Waals surface area contributed by atoms with Crippen LogP contribution in [0.25, 0.3) is 5.82 Å². The summed E-state index contributed by atoms with van der Waals surface area (Å²) in [5, 5.41) is 13.5. The van der Waals surface area contributed by atoms with E-state index in [2.05, 4.69) is 20.6 Å². The van der Waals surface area contributed by atoms with Gasteiger partial charge in [0.15, 0.2) is 5.82 Å². The van der Waals surface area contributed by atoms with Gasteiger partial charge in [0.05, 0.1) is 6.54 Å². The van der Waals surface area contributed by atoms with Crippen LogP contribution in [0.1, 0.15) is 21.6 Å². The molecule has 0 aliphatic rings. The fourth-order valence-corrected chi connectivity index (χ4v) is 2.79. The number of nitrogens with zero attached hydrogens (tertiary/aromatic N) is 4. The van der Waals surface area contributed by atoms with Crippen molar-refractivity contribution in [2.24, 2.45) is 0 Å². The van der Waals surface area contributed by atoms with Crippen molar-refractivity contribution in [3.8, 4) is 5.82 Å². The summed E-state index contributed by atoms with van der Waals surface area (Å²) in [7, 11) is 0. The van der Waals surface area contributed by atoms with Crippen LogP contribution in [0.3, 0.4) is 0 Å². The third kappa shape index (κ3) is 4.13. The summed E-state index contributed by atoms with van der Waals surface area (Å²) < 4.78 is 15.5. The van der Waals surface area contributed by atoms with Gasteiger partial charge in [-0.05, 0) is 23.3 Å². The maximum absolute atomic E-state index is 13.0. The summed E-state index contributed by atoms with van der Waals surface area (Å²) in [5.41, 5.74) is 1.52. The predicted molar refractivity (Wildman–Crippen MR) is 103 cm³/mol. The van der Waals surface area contributed by atoms with Crippen molar-refractivity contribution in [2.45, 2.75) is 13.1 Å². The van der Waals surface area contributed by atoms with Gasteiger partial charge in [0.25, 0.3) is 5.91 Å². The fourth-order valence-electron chi connectivity index (χ4n) is 2.79. The molecule has 8 nitrogen and oxygen atoms in total. The number of hydrogen-bond donors (Lipinski definition) is 2. The first-order valence-electron chi connectivity index (χ1n) is 8.87. The van der Waals surface area contributed by atoms with Gasteiger partial charge in [-0.3, -0.25) is 9.89 Å². The Bertz CT molecular complexity index is 1180. The van der Waals surface area contributed by atoms with Crippen LogP contribution < -0.4 is 11.0 Å². The van der Waals surface area contributed by atoms with E-state index in [4.69, 9.17) is 0 Å². The molecule has 1 amide bonds. The lowest BCUT2D eigenvalue weighted by atomic mass is 10.2. The minimum Gasteiger partial charge on any atom is -0.347 e. The Morgan fingerprint density at radius 2 is 1.83 bits per heavy atom. The average molecular weight is 392 g/mol. The highest BCUT2D eigenvalue weighted by molar-refractivity contribution is 5.92. The van der Waals surface area contributed by atoms with Crippen molar-refractivity contribution in [3.05, 3.63) is 100 Å². The van der Waals surface area contributed by atoms with E-state index in [0.29, 0.717) is 6.54 Å². The molecule has 0 unspecified atom stereocenters. The Morgan fingerprint density at radius 3 is 2.59 bits per heavy atom. The molecular formula is C20H17FN6O2. The van der Waals surface area contributed by atoms with Gasteiger partial charge in [0, 0.05) is 12.6 Å². The van der Waals surface area contributed by atoms with E-state index in [1.165, 1.54) is 33.8 Å². The molecule has 2 aromatic carbocycles. The van der Waals surface area contributed by atoms with Crippen molar-refractivity contribution < 1.29 is 9.18 Å². The SMILES string of the molecule is O=C(NCc1ccccc1)c1cc(-n2cnn(Cc3ccc(F)cc3)c2=O)n[nH]1. The normalized spacial score (nSPS) is 10.8. The number of H-pyrrole nitrogens is 1. The molecule has 0 aliphatic carbocycles. The van der Waals surface area contributed by atoms with Crippen LogP contribution >= 0.6 is 0 Å². The minimum atomic E-state index is -0.419. The van der Waals surface area contributed by atoms with Crippen LogP contribution in [0, 0.1) is 5.82 Å². The number of amides is 1. The molecule has 0 fully saturated rings. The third-order valence-corrected chi connectivity index (χ3v) is 4.33. The molecule has 2 aromatic heterocycles. The second-order valence-corrected chi connectivity index (χ2v) is 6.38. The lowest BCUT2D eigenvalue weighted by Crippen LogP contribution is -2.24. The highest BCUT2D eigenvalue weighted by atomic mass is 19.1. The number of aromatic amines is 1. The number of benzene rings is 2. The average Bonchev–Trinajstić information content (AvgIpc) is 3.36. The maximum atomic E-state index is 13.0. The van der Waals surface area contributed by atoms with Gasteiger partial charge in [-0.25, -0.2) is 18.4 Å². The van der Waals surface area contributed by atoms with Crippen LogP contribution in [0.5, 0.6) is 0 Å². The van der Waals surface area contributed by atoms with E-state index in [1.54, 1.807) is 12.1 Å². The maximum Gasteiger partial charge on any atom is 0.351 e. The molecule has 0 saturated carbocycles. The molecule has 4 rings (SSSR count). The topological polar surface area (TPSA) is 97.6 Å². The Morgan fingerprint density at radius 1 is 1.07 bits per heavy atom. The summed E-state index contributed by atoms with van der Waals surface area (Å²) in [5.74, 6) is -0.425. The number of aromatic nitrogens is 5. The monoisotopic (exact) mass is 392 g/mol. The van der Waals surface area contributed by atoms with Crippen molar-refractivity contribution in [3.63, 3.8) is 0 Å². The first-order valence-corrected chi connectivity index (χ1v) is 8.87. The molecule has 0 spiro atoms. The van der Waals surface area contributed by atoms with Gasteiger partial charge in [-0.2, -0.15) is 10.2 Å². The Labute approximate surface area is 164 Å². The summed E-state index contributed by atoms with van der Waals surface area (Å²) in [6.07, 6.45) is 1.33. The van der Waals surface area contributed by atoms with Gasteiger partial charge in [-0.15, -0.1) is 0 Å². The molecule has 2 heterocycles. The minimum absolute atomic E-state index is 0.195. The van der Waals surface area contributed by atoms with Crippen molar-refractivity contribution >= 4 is 5.91 Å². The summed E-state index contributed by atoms with van der Waals surface area (Å²) in [6.45, 7) is 0.574. The second kappa shape index (κ2) is 7.93. The number of halogens is 1. The first kappa shape index (κ1) is 18.4. The Kier molecular flexibility index (Phi) is 5.02. The number of nitrogens with one attached hydrogen (secondary N) is 2. The van der Waals surface area contributed by atoms with Crippen molar-refractivity contribution in [1.82, 2.24) is 29.9 Å². The van der Waals surface area contributed by atoms with Gasteiger partial charge in [0.1, 0.15) is 17.8 Å². The quantitative estimate of drug-likeness (QED) is 0.523. The molecule has 9 heteroatoms. The van der Waals surface area contributed by atoms with E-state index in [9.17, 15) is 14.0 Å². The predicted octanol–water partition coefficient (Wildman–Crippen LogP) is 1.87. The molecule has 146 valence electrons. The van der Waals surface area contributed by atoms with Crippen molar-refractivity contribution in [2.75, 3.05) is 0 Å². The van der Waals surface area contributed by atoms with Crippen LogP contribution in [0.2, 0.25) is 0 Å². The third-order valence-electron chi connectivity index (χ3n) is 4.33. The van der Waals surface area contributed by atoms with E-state index in [-0.39, 0.29) is 29.8 Å². The molecule has 2 N–H and O–H groups in total. The molecule has 0 aliphatic heterocycles. The fraction of sp³-hybridized carbons (Fsp3) is 0.100. The largest absolute Gasteiger partial charge is 0.351 e. The van der Waals surface area contributed by atoms with E-state index < -0.39 is 5.69 Å². The summed E-state index contributed by atoms with van der Waals surface area (Å²) in [6, 6.07) is 16.8. The van der Waals surface area contributed by atoms with E-state index in [0.717, 1.165) is 11.1 Å². The smallest absolute Gasteiger partial charge is 0.347 e. The zero-order valence-electron chi connectivity index (χ0n) is 15.2. The van der Waals surface area contributed by atoms with Gasteiger partial charge < -0.3 is 5.32 Å². The highest BCUT2D eigenvalue weighted by Crippen LogP contribution is 2.06. The highest BCUT2D eigenvalue weighted by Gasteiger charge is 2.14. The van der Waals surface area contributed by atoms with Crippen LogP contribution in [-0.2, 0) is 13.1 Å². The van der Waals surface area contributed by atoms with Crippen LogP contribution in [0.4, 0.5) is 4.39 Å². The van der Waals surface area contributed by atoms with Gasteiger partial charge >= 0.3 is 5.69 Å². The molecule has 0 atom stereocenters. The van der Waals surface area contributed by atoms with Crippen molar-refractivity contribution in [1.29, 1.82) is 0 Å². The number of rotatable bonds is 6. The molecule has 4 aromatic rings. The number of carbonyl (C=O) groups is 1. The molecule has 0 bridgehead atoms. The van der Waals surface area contributed by atoms with Gasteiger partial charge in [-0.1, -0.05) is 42.5 Å². The summed E-state index contributed by atoms with van der Waals surface area (Å²) in [4.78, 5) is 24.9. The number of carbonyl (C=O) groups excluding carboxylic acids is 1. The van der Waals surface area contributed by atoms with Crippen LogP contribution in [0.15, 0.2) is 71.8 Å². The lowest BCUT2D eigenvalue weighted by molar-refractivity contribution is 0.0946. The lowest BCUT2D eigenvalue weighted by Gasteiger charge is -2.02. The standard InChI is InChI=1S/C20H17FN6O2/c21-16-8-6-15(7-9-16)12-27-20(29)26(13-23-27)18-10-17(24-25-18)19(28)22-11-14-4-2-1-3-5-14/h1-10,13H,11-12H2,(H,22,28)(H,24,25).